The maximum atomic E-state index is 13.4. The largest absolute Gasteiger partial charge is 0.478 e. The minimum Gasteiger partial charge on any atom is -0.478 e. The van der Waals surface area contributed by atoms with Crippen molar-refractivity contribution in [1.29, 1.82) is 0 Å². The maximum Gasteiger partial charge on any atom is 0.338 e. The SMILES string of the molecule is CC1CC1CNS(=O)(=O)c1ccc(C(=O)O)c(F)c1. The lowest BCUT2D eigenvalue weighted by atomic mass is 10.2. The minimum atomic E-state index is -3.79. The molecule has 1 aliphatic rings. The number of benzene rings is 1. The van der Waals surface area contributed by atoms with E-state index in [0.717, 1.165) is 24.6 Å². The Labute approximate surface area is 110 Å². The van der Waals surface area contributed by atoms with E-state index in [2.05, 4.69) is 4.72 Å². The molecule has 2 N–H and O–H groups in total. The molecule has 0 amide bonds. The van der Waals surface area contributed by atoms with Gasteiger partial charge in [-0.25, -0.2) is 22.3 Å². The first-order valence-electron chi connectivity index (χ1n) is 5.84. The minimum absolute atomic E-state index is 0.261. The van der Waals surface area contributed by atoms with Crippen LogP contribution in [0.2, 0.25) is 0 Å². The highest BCUT2D eigenvalue weighted by Gasteiger charge is 2.33. The molecule has 5 nitrogen and oxygen atoms in total. The molecule has 0 heterocycles. The normalized spacial score (nSPS) is 22.2. The Morgan fingerprint density at radius 3 is 2.63 bits per heavy atom. The van der Waals surface area contributed by atoms with Crippen molar-refractivity contribution in [3.63, 3.8) is 0 Å². The summed E-state index contributed by atoms with van der Waals surface area (Å²) in [5.74, 6) is -1.65. The fourth-order valence-corrected chi connectivity index (χ4v) is 2.93. The fraction of sp³-hybridized carbons (Fsp3) is 0.417. The van der Waals surface area contributed by atoms with Gasteiger partial charge in [0.25, 0.3) is 0 Å². The van der Waals surface area contributed by atoms with Gasteiger partial charge in [-0.05, 0) is 36.5 Å². The van der Waals surface area contributed by atoms with E-state index in [-0.39, 0.29) is 4.90 Å². The molecule has 1 aromatic rings. The van der Waals surface area contributed by atoms with Crippen LogP contribution in [0.5, 0.6) is 0 Å². The molecule has 0 aliphatic heterocycles. The van der Waals surface area contributed by atoms with Crippen molar-refractivity contribution in [1.82, 2.24) is 4.72 Å². The molecule has 0 radical (unpaired) electrons. The number of nitrogens with one attached hydrogen (secondary N) is 1. The molecular weight excluding hydrogens is 273 g/mol. The topological polar surface area (TPSA) is 83.5 Å². The quantitative estimate of drug-likeness (QED) is 0.858. The first kappa shape index (κ1) is 14.0. The summed E-state index contributed by atoms with van der Waals surface area (Å²) in [5.41, 5.74) is -0.547. The summed E-state index contributed by atoms with van der Waals surface area (Å²) in [7, 11) is -3.79. The van der Waals surface area contributed by atoms with Crippen LogP contribution in [0.1, 0.15) is 23.7 Å². The van der Waals surface area contributed by atoms with Crippen LogP contribution in [0, 0.1) is 17.7 Å². The standard InChI is InChI=1S/C12H14FNO4S/c1-7-4-8(7)6-14-19(17,18)9-2-3-10(12(15)16)11(13)5-9/h2-3,5,7-8,14H,4,6H2,1H3,(H,15,16). The van der Waals surface area contributed by atoms with E-state index < -0.39 is 27.4 Å². The molecule has 19 heavy (non-hydrogen) atoms. The molecule has 0 spiro atoms. The first-order chi connectivity index (χ1) is 8.81. The zero-order valence-electron chi connectivity index (χ0n) is 10.3. The number of sulfonamides is 1. The summed E-state index contributed by atoms with van der Waals surface area (Å²) in [5, 5.41) is 8.67. The third-order valence-corrected chi connectivity index (χ3v) is 4.71. The first-order valence-corrected chi connectivity index (χ1v) is 7.32. The van der Waals surface area contributed by atoms with Gasteiger partial charge < -0.3 is 5.11 Å². The van der Waals surface area contributed by atoms with Gasteiger partial charge in [0.1, 0.15) is 5.82 Å². The molecule has 1 aromatic carbocycles. The van der Waals surface area contributed by atoms with Crippen molar-refractivity contribution < 1.29 is 22.7 Å². The number of carbonyl (C=O) groups is 1. The van der Waals surface area contributed by atoms with E-state index >= 15 is 0 Å². The fourth-order valence-electron chi connectivity index (χ4n) is 1.82. The van der Waals surface area contributed by atoms with Crippen LogP contribution in [0.15, 0.2) is 23.1 Å². The lowest BCUT2D eigenvalue weighted by Crippen LogP contribution is -2.26. The van der Waals surface area contributed by atoms with E-state index in [9.17, 15) is 17.6 Å². The molecule has 2 rings (SSSR count). The van der Waals surface area contributed by atoms with Gasteiger partial charge in [0, 0.05) is 6.54 Å². The van der Waals surface area contributed by atoms with Gasteiger partial charge in [0.05, 0.1) is 10.5 Å². The Balaban J connectivity index is 2.16. The summed E-state index contributed by atoms with van der Waals surface area (Å²) >= 11 is 0. The lowest BCUT2D eigenvalue weighted by Gasteiger charge is -2.07. The average molecular weight is 287 g/mol. The molecule has 0 bridgehead atoms. The molecule has 104 valence electrons. The number of carboxylic acid groups (broad SMARTS) is 1. The van der Waals surface area contributed by atoms with Gasteiger partial charge in [-0.3, -0.25) is 0 Å². The Morgan fingerprint density at radius 2 is 2.16 bits per heavy atom. The molecule has 2 atom stereocenters. The number of hydrogen-bond donors (Lipinski definition) is 2. The molecule has 0 saturated heterocycles. The second-order valence-corrected chi connectivity index (χ2v) is 6.54. The maximum absolute atomic E-state index is 13.4. The second kappa shape index (κ2) is 4.90. The zero-order valence-corrected chi connectivity index (χ0v) is 11.1. The Hall–Kier alpha value is -1.47. The van der Waals surface area contributed by atoms with Crippen LogP contribution >= 0.6 is 0 Å². The zero-order chi connectivity index (χ0) is 14.2. The highest BCUT2D eigenvalue weighted by atomic mass is 32.2. The van der Waals surface area contributed by atoms with Crippen LogP contribution in [0.25, 0.3) is 0 Å². The van der Waals surface area contributed by atoms with Gasteiger partial charge in [0.2, 0.25) is 10.0 Å². The van der Waals surface area contributed by atoms with Gasteiger partial charge in [-0.2, -0.15) is 0 Å². The molecular formula is C12H14FNO4S. The second-order valence-electron chi connectivity index (χ2n) is 4.77. The van der Waals surface area contributed by atoms with Gasteiger partial charge in [0.15, 0.2) is 0 Å². The summed E-state index contributed by atoms with van der Waals surface area (Å²) in [4.78, 5) is 10.4. The Morgan fingerprint density at radius 1 is 1.53 bits per heavy atom. The van der Waals surface area contributed by atoms with Crippen LogP contribution in [0.4, 0.5) is 4.39 Å². The molecule has 1 saturated carbocycles. The van der Waals surface area contributed by atoms with E-state index in [0.29, 0.717) is 18.4 Å². The monoisotopic (exact) mass is 287 g/mol. The van der Waals surface area contributed by atoms with Crippen molar-refractivity contribution >= 4 is 16.0 Å². The molecule has 7 heteroatoms. The summed E-state index contributed by atoms with van der Waals surface area (Å²) in [6.07, 6.45) is 0.981. The van der Waals surface area contributed by atoms with Crippen LogP contribution in [0.3, 0.4) is 0 Å². The van der Waals surface area contributed by atoms with Crippen molar-refractivity contribution in [2.24, 2.45) is 11.8 Å². The lowest BCUT2D eigenvalue weighted by molar-refractivity contribution is 0.0691. The van der Waals surface area contributed by atoms with Crippen molar-refractivity contribution in [3.8, 4) is 0 Å². The number of hydrogen-bond acceptors (Lipinski definition) is 3. The smallest absolute Gasteiger partial charge is 0.338 e. The van der Waals surface area contributed by atoms with Gasteiger partial charge >= 0.3 is 5.97 Å². The highest BCUT2D eigenvalue weighted by Crippen LogP contribution is 2.37. The Bertz CT molecular complexity index is 614. The van der Waals surface area contributed by atoms with E-state index in [1.807, 2.05) is 6.92 Å². The number of rotatable bonds is 5. The van der Waals surface area contributed by atoms with Crippen molar-refractivity contribution in [2.45, 2.75) is 18.2 Å². The van der Waals surface area contributed by atoms with E-state index in [1.54, 1.807) is 0 Å². The molecule has 2 unspecified atom stereocenters. The predicted octanol–water partition coefficient (Wildman–Crippen LogP) is 1.46. The van der Waals surface area contributed by atoms with Crippen LogP contribution in [-0.2, 0) is 10.0 Å². The summed E-state index contributed by atoms with van der Waals surface area (Å²) in [6.45, 7) is 2.35. The molecule has 0 aromatic heterocycles. The van der Waals surface area contributed by atoms with Gasteiger partial charge in [-0.15, -0.1) is 0 Å². The third-order valence-electron chi connectivity index (χ3n) is 3.29. The third kappa shape index (κ3) is 3.10. The number of aromatic carboxylic acids is 1. The van der Waals surface area contributed by atoms with Crippen molar-refractivity contribution in [3.05, 3.63) is 29.6 Å². The number of halogens is 1. The van der Waals surface area contributed by atoms with Gasteiger partial charge in [-0.1, -0.05) is 6.92 Å². The highest BCUT2D eigenvalue weighted by molar-refractivity contribution is 7.89. The molecule has 1 aliphatic carbocycles. The predicted molar refractivity (Wildman–Crippen MR) is 65.8 cm³/mol. The Kier molecular flexibility index (Phi) is 3.60. The summed E-state index contributed by atoms with van der Waals surface area (Å²) < 4.78 is 39.6. The van der Waals surface area contributed by atoms with E-state index in [1.165, 1.54) is 0 Å². The van der Waals surface area contributed by atoms with Crippen LogP contribution < -0.4 is 4.72 Å². The van der Waals surface area contributed by atoms with Crippen molar-refractivity contribution in [2.75, 3.05) is 6.54 Å². The van der Waals surface area contributed by atoms with E-state index in [4.69, 9.17) is 5.11 Å². The average Bonchev–Trinajstić information content (AvgIpc) is 3.02. The van der Waals surface area contributed by atoms with Crippen LogP contribution in [-0.4, -0.2) is 26.0 Å². The molecule has 1 fully saturated rings. The number of carboxylic acids is 1. The summed E-state index contributed by atoms with van der Waals surface area (Å²) in [6, 6.07) is 2.76.